The summed E-state index contributed by atoms with van der Waals surface area (Å²) in [5.74, 6) is 0.623. The van der Waals surface area contributed by atoms with Gasteiger partial charge in [0.05, 0.1) is 36.7 Å². The van der Waals surface area contributed by atoms with Gasteiger partial charge in [-0.25, -0.2) is 22.9 Å². The van der Waals surface area contributed by atoms with Gasteiger partial charge in [-0.1, -0.05) is 31.0 Å². The average molecular weight is 692 g/mol. The van der Waals surface area contributed by atoms with E-state index in [-0.39, 0.29) is 29.4 Å². The van der Waals surface area contributed by atoms with Crippen LogP contribution in [0.5, 0.6) is 28.7 Å². The smallest absolute Gasteiger partial charge is 0.331 e. The second kappa shape index (κ2) is 15.2. The molecule has 2 heterocycles. The van der Waals surface area contributed by atoms with E-state index in [0.29, 0.717) is 52.2 Å². The number of aromatic nitrogens is 2. The van der Waals surface area contributed by atoms with Crippen LogP contribution in [0.15, 0.2) is 71.3 Å². The van der Waals surface area contributed by atoms with Gasteiger partial charge in [-0.3, -0.25) is 9.36 Å². The highest BCUT2D eigenvalue weighted by molar-refractivity contribution is 7.90. The minimum atomic E-state index is -4.13. The molecule has 0 aliphatic carbocycles. The van der Waals surface area contributed by atoms with E-state index in [0.717, 1.165) is 18.4 Å². The Bertz CT molecular complexity index is 1990. The fraction of sp³-hybridized carbons (Fsp3) is 0.286. The summed E-state index contributed by atoms with van der Waals surface area (Å²) in [5, 5.41) is 10.3. The first-order chi connectivity index (χ1) is 23.5. The summed E-state index contributed by atoms with van der Waals surface area (Å²) >= 11 is 0. The number of nitrogens with zero attached hydrogens (tertiary/aromatic N) is 2. The zero-order chi connectivity index (χ0) is 35.1. The molecule has 1 aliphatic rings. The number of aliphatic carboxylic acids is 1. The highest BCUT2D eigenvalue weighted by Crippen LogP contribution is 2.39. The zero-order valence-corrected chi connectivity index (χ0v) is 28.3. The number of hydrogen-bond donors (Lipinski definition) is 2. The van der Waals surface area contributed by atoms with E-state index < -0.39 is 28.5 Å². The van der Waals surface area contributed by atoms with Crippen LogP contribution in [-0.4, -0.2) is 62.6 Å². The lowest BCUT2D eigenvalue weighted by Crippen LogP contribution is -2.34. The van der Waals surface area contributed by atoms with Crippen molar-refractivity contribution in [1.82, 2.24) is 14.3 Å². The monoisotopic (exact) mass is 691 g/mol. The number of hydrogen-bond acceptors (Lipinski definition) is 10. The van der Waals surface area contributed by atoms with Gasteiger partial charge in [0.25, 0.3) is 15.9 Å². The van der Waals surface area contributed by atoms with Crippen molar-refractivity contribution in [1.29, 1.82) is 0 Å². The van der Waals surface area contributed by atoms with Gasteiger partial charge in [-0.2, -0.15) is 0 Å². The van der Waals surface area contributed by atoms with Gasteiger partial charge in [0.15, 0.2) is 18.1 Å². The Balaban J connectivity index is 1.49. The third-order valence-corrected chi connectivity index (χ3v) is 9.10. The molecule has 0 radical (unpaired) electrons. The third-order valence-electron chi connectivity index (χ3n) is 7.72. The molecule has 0 spiro atoms. The van der Waals surface area contributed by atoms with Crippen LogP contribution >= 0.6 is 0 Å². The topological polar surface area (TPSA) is 165 Å². The van der Waals surface area contributed by atoms with Crippen molar-refractivity contribution in [2.45, 2.75) is 44.4 Å². The van der Waals surface area contributed by atoms with Crippen molar-refractivity contribution in [3.63, 3.8) is 0 Å². The molecule has 0 bridgehead atoms. The molecule has 0 atom stereocenters. The van der Waals surface area contributed by atoms with Crippen LogP contribution < -0.4 is 28.4 Å². The van der Waals surface area contributed by atoms with Crippen molar-refractivity contribution in [2.75, 3.05) is 27.6 Å². The Morgan fingerprint density at radius 3 is 2.43 bits per heavy atom. The normalized spacial score (nSPS) is 12.4. The molecule has 3 aromatic carbocycles. The zero-order valence-electron chi connectivity index (χ0n) is 27.5. The summed E-state index contributed by atoms with van der Waals surface area (Å²) in [6.07, 6.45) is 5.31. The van der Waals surface area contributed by atoms with Gasteiger partial charge in [0, 0.05) is 36.1 Å². The second-order valence-electron chi connectivity index (χ2n) is 11.2. The summed E-state index contributed by atoms with van der Waals surface area (Å²) in [7, 11) is -1.17. The molecule has 0 fully saturated rings. The fourth-order valence-corrected chi connectivity index (χ4v) is 6.15. The lowest BCUT2D eigenvalue weighted by atomic mass is 10.0. The summed E-state index contributed by atoms with van der Waals surface area (Å²) in [4.78, 5) is 30.0. The van der Waals surface area contributed by atoms with E-state index >= 15 is 0 Å². The number of carbonyl (C=O) groups excluding carboxylic acids is 1. The summed E-state index contributed by atoms with van der Waals surface area (Å²) in [6, 6.07) is 14.4. The van der Waals surface area contributed by atoms with Crippen LogP contribution in [0.25, 0.3) is 11.8 Å². The summed E-state index contributed by atoms with van der Waals surface area (Å²) < 4.78 is 57.2. The summed E-state index contributed by atoms with van der Waals surface area (Å²) in [5.41, 5.74) is 2.36. The molecule has 258 valence electrons. The number of carboxylic acid groups (broad SMARTS) is 1. The maximum atomic E-state index is 12.8. The van der Waals surface area contributed by atoms with Crippen molar-refractivity contribution in [3.8, 4) is 34.4 Å². The molecule has 49 heavy (non-hydrogen) atoms. The van der Waals surface area contributed by atoms with E-state index in [1.807, 2.05) is 18.6 Å². The largest absolute Gasteiger partial charge is 0.497 e. The number of rotatable bonds is 15. The van der Waals surface area contributed by atoms with E-state index in [2.05, 4.69) is 4.98 Å². The molecule has 2 N–H and O–H groups in total. The van der Waals surface area contributed by atoms with Gasteiger partial charge in [0.2, 0.25) is 6.79 Å². The SMILES string of the molecule is CCCCc1ncc(/C=C(\Cc2cc3c(cc2OC)OCO3)C(=O)O)n1-c1ccc(OC)cc1OCC(=O)NS(=O)(=O)c1ccc(C)cc1. The molecule has 1 amide bonds. The van der Waals surface area contributed by atoms with Gasteiger partial charge in [0.1, 0.15) is 23.1 Å². The Morgan fingerprint density at radius 2 is 1.76 bits per heavy atom. The number of nitrogens with one attached hydrogen (secondary N) is 1. The number of imidazole rings is 1. The predicted octanol–water partition coefficient (Wildman–Crippen LogP) is 4.86. The fourth-order valence-electron chi connectivity index (χ4n) is 5.18. The standard InChI is InChI=1S/C35H37N3O10S/c1-5-6-7-33-36-19-25(15-24(35(40)41)14-23-16-31-32(48-21-47-31)18-29(23)45-4)38(33)28-13-10-26(44-3)17-30(28)46-20-34(39)37-49(42,43)27-11-8-22(2)9-12-27/h8-13,15-19H,5-7,14,20-21H2,1-4H3,(H,37,39)(H,40,41)/b24-15+. The molecular weight excluding hydrogens is 654 g/mol. The van der Waals surface area contributed by atoms with Crippen LogP contribution in [0.3, 0.4) is 0 Å². The molecule has 13 nitrogen and oxygen atoms in total. The maximum Gasteiger partial charge on any atom is 0.331 e. The molecule has 5 rings (SSSR count). The van der Waals surface area contributed by atoms with Gasteiger partial charge < -0.3 is 28.8 Å². The number of sulfonamides is 1. The van der Waals surface area contributed by atoms with E-state index in [1.54, 1.807) is 53.2 Å². The average Bonchev–Trinajstić information content (AvgIpc) is 3.71. The first-order valence-corrected chi connectivity index (χ1v) is 16.9. The number of aryl methyl sites for hydroxylation is 2. The van der Waals surface area contributed by atoms with Crippen LogP contribution in [0.1, 0.15) is 42.4 Å². The number of fused-ring (bicyclic) bond motifs is 1. The van der Waals surface area contributed by atoms with Crippen LogP contribution in [-0.2, 0) is 32.5 Å². The minimum absolute atomic E-state index is 0.00772. The highest BCUT2D eigenvalue weighted by atomic mass is 32.2. The number of amides is 1. The number of unbranched alkanes of at least 4 members (excludes halogenated alkanes) is 1. The highest BCUT2D eigenvalue weighted by Gasteiger charge is 2.23. The van der Waals surface area contributed by atoms with Crippen LogP contribution in [0, 0.1) is 6.92 Å². The molecule has 0 saturated heterocycles. The minimum Gasteiger partial charge on any atom is -0.497 e. The lowest BCUT2D eigenvalue weighted by Gasteiger charge is -2.17. The summed E-state index contributed by atoms with van der Waals surface area (Å²) in [6.45, 7) is 3.28. The molecule has 0 unspecified atom stereocenters. The molecule has 1 aromatic heterocycles. The maximum absolute atomic E-state index is 12.8. The number of ether oxygens (including phenoxy) is 5. The van der Waals surface area contributed by atoms with E-state index in [4.69, 9.17) is 23.7 Å². The third kappa shape index (κ3) is 8.15. The van der Waals surface area contributed by atoms with Crippen molar-refractivity contribution >= 4 is 28.0 Å². The van der Waals surface area contributed by atoms with Gasteiger partial charge >= 0.3 is 5.97 Å². The van der Waals surface area contributed by atoms with E-state index in [1.165, 1.54) is 32.4 Å². The Kier molecular flexibility index (Phi) is 10.8. The van der Waals surface area contributed by atoms with Crippen LogP contribution in [0.2, 0.25) is 0 Å². The Labute approximate surface area is 284 Å². The lowest BCUT2D eigenvalue weighted by molar-refractivity contribution is -0.132. The molecule has 4 aromatic rings. The van der Waals surface area contributed by atoms with Crippen molar-refractivity contribution in [2.24, 2.45) is 0 Å². The molecule has 0 saturated carbocycles. The van der Waals surface area contributed by atoms with Crippen molar-refractivity contribution < 1.29 is 46.8 Å². The Hall–Kier alpha value is -5.50. The second-order valence-corrected chi connectivity index (χ2v) is 12.9. The number of benzene rings is 3. The predicted molar refractivity (Wildman–Crippen MR) is 179 cm³/mol. The molecule has 14 heteroatoms. The van der Waals surface area contributed by atoms with Crippen LogP contribution in [0.4, 0.5) is 0 Å². The number of carboxylic acids is 1. The van der Waals surface area contributed by atoms with Gasteiger partial charge in [-0.05, 0) is 49.8 Å². The van der Waals surface area contributed by atoms with Crippen molar-refractivity contribution in [3.05, 3.63) is 89.0 Å². The number of carbonyl (C=O) groups is 2. The first kappa shape index (κ1) is 34.8. The number of methoxy groups -OCH3 is 2. The molecule has 1 aliphatic heterocycles. The van der Waals surface area contributed by atoms with Gasteiger partial charge in [-0.15, -0.1) is 0 Å². The first-order valence-electron chi connectivity index (χ1n) is 15.4. The Morgan fingerprint density at radius 1 is 1.02 bits per heavy atom. The van der Waals surface area contributed by atoms with E-state index in [9.17, 15) is 23.1 Å². The molecular formula is C35H37N3O10S. The quantitative estimate of drug-likeness (QED) is 0.164.